The van der Waals surface area contributed by atoms with Gasteiger partial charge in [-0.25, -0.2) is 8.78 Å². The van der Waals surface area contributed by atoms with Gasteiger partial charge in [0.1, 0.15) is 16.6 Å². The third kappa shape index (κ3) is 7.41. The molecule has 30 heavy (non-hydrogen) atoms. The van der Waals surface area contributed by atoms with Crippen LogP contribution in [-0.2, 0) is 11.2 Å². The van der Waals surface area contributed by atoms with Crippen LogP contribution in [0.25, 0.3) is 0 Å². The molecule has 0 saturated heterocycles. The van der Waals surface area contributed by atoms with Gasteiger partial charge in [0, 0.05) is 25.2 Å². The number of carbonyl (C=O) groups is 1. The smallest absolute Gasteiger partial charge is 0.259 e. The zero-order valence-corrected chi connectivity index (χ0v) is 17.2. The molecular formula is C19H24F2N6O2S. The maximum absolute atomic E-state index is 13.2. The number of hydrogen-bond donors (Lipinski definition) is 5. The van der Waals surface area contributed by atoms with Crippen LogP contribution in [0, 0.1) is 11.6 Å². The number of aliphatic hydroxyl groups is 1. The van der Waals surface area contributed by atoms with E-state index in [2.05, 4.69) is 20.8 Å². The molecule has 0 saturated carbocycles. The summed E-state index contributed by atoms with van der Waals surface area (Å²) >= 11 is 1.16. The number of nitrogens with two attached hydrogens (primary N) is 2. The Morgan fingerprint density at radius 3 is 2.57 bits per heavy atom. The van der Waals surface area contributed by atoms with Gasteiger partial charge in [0.2, 0.25) is 5.13 Å². The number of aryl methyl sites for hydroxylation is 1. The summed E-state index contributed by atoms with van der Waals surface area (Å²) in [5.74, 6) is -2.09. The Labute approximate surface area is 176 Å². The van der Waals surface area contributed by atoms with Gasteiger partial charge in [-0.05, 0) is 49.1 Å². The molecule has 0 aliphatic heterocycles. The van der Waals surface area contributed by atoms with E-state index in [0.717, 1.165) is 36.3 Å². The van der Waals surface area contributed by atoms with E-state index in [9.17, 15) is 18.7 Å². The van der Waals surface area contributed by atoms with E-state index in [1.165, 1.54) is 0 Å². The van der Waals surface area contributed by atoms with E-state index in [-0.39, 0.29) is 10.7 Å². The molecule has 0 aliphatic rings. The van der Waals surface area contributed by atoms with Crippen LogP contribution in [-0.4, -0.2) is 28.3 Å². The number of nitrogens with zero attached hydrogens (tertiary/aromatic N) is 2. The predicted octanol–water partition coefficient (Wildman–Crippen LogP) is 2.06. The molecule has 2 aromatic rings. The first-order chi connectivity index (χ1) is 14.3. The molecule has 2 rings (SSSR count). The number of nitrogens with one attached hydrogen (secondary N) is 2. The number of carbonyl (C=O) groups excluding carboxylic acids is 1. The van der Waals surface area contributed by atoms with Gasteiger partial charge in [-0.1, -0.05) is 11.3 Å². The van der Waals surface area contributed by atoms with E-state index in [4.69, 9.17) is 11.5 Å². The fraction of sp³-hybridized carbons (Fsp3) is 0.316. The van der Waals surface area contributed by atoms with Crippen molar-refractivity contribution in [3.8, 4) is 0 Å². The zero-order valence-electron chi connectivity index (χ0n) is 16.4. The lowest BCUT2D eigenvalue weighted by Gasteiger charge is -2.10. The molecule has 0 bridgehead atoms. The van der Waals surface area contributed by atoms with Gasteiger partial charge in [0.15, 0.2) is 6.10 Å². The minimum atomic E-state index is -1.73. The summed E-state index contributed by atoms with van der Waals surface area (Å²) < 4.78 is 26.5. The van der Waals surface area contributed by atoms with Gasteiger partial charge in [-0.3, -0.25) is 10.1 Å². The van der Waals surface area contributed by atoms with E-state index >= 15 is 0 Å². The number of aliphatic hydroxyl groups excluding tert-OH is 1. The van der Waals surface area contributed by atoms with E-state index in [0.29, 0.717) is 35.4 Å². The molecule has 1 aromatic heterocycles. The fourth-order valence-electron chi connectivity index (χ4n) is 2.43. The summed E-state index contributed by atoms with van der Waals surface area (Å²) in [5.41, 5.74) is 12.0. The highest BCUT2D eigenvalue weighted by Gasteiger charge is 2.20. The molecule has 11 heteroatoms. The summed E-state index contributed by atoms with van der Waals surface area (Å²) in [4.78, 5) is 12.1. The minimum absolute atomic E-state index is 0.188. The van der Waals surface area contributed by atoms with Crippen molar-refractivity contribution in [1.82, 2.24) is 15.5 Å². The number of benzene rings is 1. The topological polar surface area (TPSA) is 139 Å². The van der Waals surface area contributed by atoms with Crippen LogP contribution in [0.1, 0.15) is 35.9 Å². The molecule has 1 atom stereocenters. The summed E-state index contributed by atoms with van der Waals surface area (Å²) in [6.07, 6.45) is 4.71. The predicted molar refractivity (Wildman–Crippen MR) is 111 cm³/mol. The third-order valence-corrected chi connectivity index (χ3v) is 4.92. The molecule has 1 aromatic carbocycles. The van der Waals surface area contributed by atoms with Crippen molar-refractivity contribution in [3.63, 3.8) is 0 Å². The van der Waals surface area contributed by atoms with Crippen LogP contribution in [0.5, 0.6) is 0 Å². The Bertz CT molecular complexity index is 911. The highest BCUT2D eigenvalue weighted by Crippen LogP contribution is 2.21. The molecule has 1 amide bonds. The van der Waals surface area contributed by atoms with Gasteiger partial charge in [0.05, 0.1) is 5.82 Å². The number of anilines is 1. The van der Waals surface area contributed by atoms with E-state index < -0.39 is 23.6 Å². The Balaban J connectivity index is 1.81. The number of allylic oxidation sites excluding steroid dienone is 3. The quantitative estimate of drug-likeness (QED) is 0.283. The number of rotatable bonds is 10. The van der Waals surface area contributed by atoms with Crippen molar-refractivity contribution in [2.75, 3.05) is 12.4 Å². The van der Waals surface area contributed by atoms with Gasteiger partial charge in [-0.2, -0.15) is 0 Å². The highest BCUT2D eigenvalue weighted by atomic mass is 32.1. The van der Waals surface area contributed by atoms with E-state index in [1.54, 1.807) is 19.2 Å². The number of amides is 1. The second kappa shape index (κ2) is 11.2. The van der Waals surface area contributed by atoms with Crippen LogP contribution in [0.15, 0.2) is 41.9 Å². The van der Waals surface area contributed by atoms with Crippen LogP contribution < -0.4 is 22.1 Å². The van der Waals surface area contributed by atoms with Crippen LogP contribution in [0.3, 0.4) is 0 Å². The first-order valence-electron chi connectivity index (χ1n) is 9.15. The van der Waals surface area contributed by atoms with Crippen molar-refractivity contribution < 1.29 is 18.7 Å². The molecule has 162 valence electrons. The summed E-state index contributed by atoms with van der Waals surface area (Å²) in [5, 5.41) is 23.9. The summed E-state index contributed by atoms with van der Waals surface area (Å²) in [7, 11) is 1.72. The molecule has 0 fully saturated rings. The lowest BCUT2D eigenvalue weighted by molar-refractivity contribution is -0.124. The average Bonchev–Trinajstić information content (AvgIpc) is 3.15. The second-order valence-corrected chi connectivity index (χ2v) is 7.48. The largest absolute Gasteiger partial charge is 0.402 e. The monoisotopic (exact) mass is 438 g/mol. The second-order valence-electron chi connectivity index (χ2n) is 6.42. The lowest BCUT2D eigenvalue weighted by Crippen LogP contribution is -2.21. The minimum Gasteiger partial charge on any atom is -0.402 e. The van der Waals surface area contributed by atoms with Crippen molar-refractivity contribution in [2.24, 2.45) is 11.5 Å². The molecule has 8 nitrogen and oxygen atoms in total. The maximum Gasteiger partial charge on any atom is 0.259 e. The van der Waals surface area contributed by atoms with Crippen molar-refractivity contribution >= 4 is 22.4 Å². The lowest BCUT2D eigenvalue weighted by atomic mass is 10.1. The Morgan fingerprint density at radius 2 is 1.90 bits per heavy atom. The van der Waals surface area contributed by atoms with E-state index in [1.807, 2.05) is 0 Å². The Hall–Kier alpha value is -3.05. The molecule has 0 radical (unpaired) electrons. The van der Waals surface area contributed by atoms with Crippen LogP contribution in [0.4, 0.5) is 13.9 Å². The zero-order chi connectivity index (χ0) is 22.1. The Morgan fingerprint density at radius 1 is 1.20 bits per heavy atom. The average molecular weight is 439 g/mol. The summed E-state index contributed by atoms with van der Waals surface area (Å²) in [6, 6.07) is 2.44. The molecule has 0 aliphatic carbocycles. The van der Waals surface area contributed by atoms with Gasteiger partial charge < -0.3 is 21.9 Å². The number of aromatic nitrogens is 2. The van der Waals surface area contributed by atoms with Gasteiger partial charge >= 0.3 is 0 Å². The maximum atomic E-state index is 13.2. The van der Waals surface area contributed by atoms with Crippen molar-refractivity contribution in [2.45, 2.75) is 31.8 Å². The molecule has 1 heterocycles. The van der Waals surface area contributed by atoms with Crippen LogP contribution >= 0.6 is 11.3 Å². The molecular weight excluding hydrogens is 414 g/mol. The first kappa shape index (κ1) is 23.2. The number of unbranched alkanes of at least 4 members (excludes halogenated alkanes) is 1. The van der Waals surface area contributed by atoms with Crippen molar-refractivity contribution in [1.29, 1.82) is 0 Å². The SMILES string of the molecule is CN/C(N)=C/C=C(\N)CCCCc1nnc(NC(=O)C(O)c2cc(F)cc(F)c2)s1. The molecule has 1 unspecified atom stereocenters. The fourth-order valence-corrected chi connectivity index (χ4v) is 3.22. The Kier molecular flexibility index (Phi) is 8.69. The van der Waals surface area contributed by atoms with Crippen molar-refractivity contribution in [3.05, 3.63) is 64.1 Å². The molecule has 0 spiro atoms. The normalized spacial score (nSPS) is 13.2. The number of halogens is 2. The van der Waals surface area contributed by atoms with Gasteiger partial charge in [0.25, 0.3) is 5.91 Å². The highest BCUT2D eigenvalue weighted by molar-refractivity contribution is 7.15. The third-order valence-electron chi connectivity index (χ3n) is 4.02. The standard InChI is InChI=1S/C19H24F2N6O2S/c1-24-15(23)7-6-14(22)4-2-3-5-16-26-27-19(30-16)25-18(29)17(28)11-8-12(20)10-13(21)9-11/h6-10,17,24,28H,2-5,22-23H2,1H3,(H,25,27,29)/b14-6-,15-7+. The summed E-state index contributed by atoms with van der Waals surface area (Å²) in [6.45, 7) is 0. The van der Waals surface area contributed by atoms with Gasteiger partial charge in [-0.15, -0.1) is 10.2 Å². The number of hydrogen-bond acceptors (Lipinski definition) is 8. The molecule has 7 N–H and O–H groups in total. The first-order valence-corrected chi connectivity index (χ1v) is 9.97. The van der Waals surface area contributed by atoms with Crippen LogP contribution in [0.2, 0.25) is 0 Å².